The topological polar surface area (TPSA) is 137 Å². The molecule has 0 spiro atoms. The molecule has 0 saturated carbocycles. The average molecular weight is 421 g/mol. The lowest BCUT2D eigenvalue weighted by Crippen LogP contribution is -2.38. The van der Waals surface area contributed by atoms with Crippen molar-refractivity contribution in [1.82, 2.24) is 44.4 Å². The number of nitrogens with zero attached hydrogens (tertiary/aromatic N) is 9. The number of fused-ring (bicyclic) bond motifs is 1. The van der Waals surface area contributed by atoms with E-state index in [0.29, 0.717) is 60.1 Å². The van der Waals surface area contributed by atoms with Crippen molar-refractivity contribution in [2.45, 2.75) is 25.8 Å². The van der Waals surface area contributed by atoms with Crippen molar-refractivity contribution in [3.8, 4) is 17.4 Å². The van der Waals surface area contributed by atoms with Gasteiger partial charge in [-0.3, -0.25) is 0 Å². The molecule has 4 aromatic rings. The lowest BCUT2D eigenvalue weighted by atomic mass is 10.1. The second-order valence-corrected chi connectivity index (χ2v) is 7.20. The van der Waals surface area contributed by atoms with E-state index >= 15 is 0 Å². The molecule has 5 heterocycles. The smallest absolute Gasteiger partial charge is 0.407 e. The average Bonchev–Trinajstić information content (AvgIpc) is 3.46. The van der Waals surface area contributed by atoms with Crippen molar-refractivity contribution >= 4 is 17.1 Å². The van der Waals surface area contributed by atoms with Crippen molar-refractivity contribution in [3.05, 3.63) is 43.0 Å². The molecule has 0 atom stereocenters. The van der Waals surface area contributed by atoms with E-state index in [9.17, 15) is 4.79 Å². The molecule has 12 nitrogen and oxygen atoms in total. The van der Waals surface area contributed by atoms with Crippen LogP contribution in [0.25, 0.3) is 16.9 Å². The van der Waals surface area contributed by atoms with E-state index < -0.39 is 6.09 Å². The third-order valence-corrected chi connectivity index (χ3v) is 5.32. The molecular weight excluding hydrogens is 402 g/mol. The number of pyridine rings is 1. The van der Waals surface area contributed by atoms with E-state index in [1.807, 2.05) is 11.6 Å². The van der Waals surface area contributed by atoms with E-state index in [2.05, 4.69) is 30.1 Å². The first-order valence-electron chi connectivity index (χ1n) is 9.77. The standard InChI is InChI=1S/C19H19N9O3/c1-12-15(2-3-16(25-12)27-11-20-9-24-27)31-18-14-8-23-28(17(14)21-10-22-18)13-4-6-26(7-5-13)19(29)30/h2-3,8-11,13H,4-7H2,1H3,(H,29,30). The van der Waals surface area contributed by atoms with Crippen molar-refractivity contribution in [2.75, 3.05) is 13.1 Å². The van der Waals surface area contributed by atoms with Crippen LogP contribution in [0.1, 0.15) is 24.6 Å². The summed E-state index contributed by atoms with van der Waals surface area (Å²) in [6.45, 7) is 2.78. The number of aromatic nitrogens is 8. The molecule has 1 saturated heterocycles. The minimum Gasteiger partial charge on any atom is -0.465 e. The summed E-state index contributed by atoms with van der Waals surface area (Å²) in [6.07, 6.45) is 6.61. The van der Waals surface area contributed by atoms with Crippen molar-refractivity contribution in [3.63, 3.8) is 0 Å². The number of aryl methyl sites for hydroxylation is 1. The summed E-state index contributed by atoms with van der Waals surface area (Å²) in [5.41, 5.74) is 1.33. The van der Waals surface area contributed by atoms with Gasteiger partial charge in [-0.05, 0) is 31.9 Å². The first-order chi connectivity index (χ1) is 15.1. The van der Waals surface area contributed by atoms with Gasteiger partial charge >= 0.3 is 6.09 Å². The Bertz CT molecular complexity index is 1230. The predicted octanol–water partition coefficient (Wildman–Crippen LogP) is 2.22. The van der Waals surface area contributed by atoms with Crippen LogP contribution in [0.2, 0.25) is 0 Å². The number of amides is 1. The molecule has 0 unspecified atom stereocenters. The van der Waals surface area contributed by atoms with Gasteiger partial charge in [0.15, 0.2) is 17.2 Å². The molecule has 5 rings (SSSR count). The highest BCUT2D eigenvalue weighted by atomic mass is 16.5. The summed E-state index contributed by atoms with van der Waals surface area (Å²) in [7, 11) is 0. The Morgan fingerprint density at radius 3 is 2.71 bits per heavy atom. The Labute approximate surface area is 176 Å². The minimum atomic E-state index is -0.888. The third kappa shape index (κ3) is 3.52. The second-order valence-electron chi connectivity index (χ2n) is 7.20. The van der Waals surface area contributed by atoms with Gasteiger partial charge in [0, 0.05) is 13.1 Å². The van der Waals surface area contributed by atoms with Crippen LogP contribution >= 0.6 is 0 Å². The maximum absolute atomic E-state index is 11.1. The molecule has 1 aliphatic heterocycles. The van der Waals surface area contributed by atoms with Crippen LogP contribution in [-0.4, -0.2) is 68.7 Å². The van der Waals surface area contributed by atoms with Crippen molar-refractivity contribution < 1.29 is 14.6 Å². The molecule has 1 fully saturated rings. The summed E-state index contributed by atoms with van der Waals surface area (Å²) in [5, 5.41) is 18.4. The van der Waals surface area contributed by atoms with Gasteiger partial charge in [-0.15, -0.1) is 0 Å². The van der Waals surface area contributed by atoms with Gasteiger partial charge < -0.3 is 14.7 Å². The molecule has 0 aromatic carbocycles. The van der Waals surface area contributed by atoms with Gasteiger partial charge in [0.2, 0.25) is 5.88 Å². The van der Waals surface area contributed by atoms with Gasteiger partial charge in [0.05, 0.1) is 17.9 Å². The fourth-order valence-corrected chi connectivity index (χ4v) is 3.69. The van der Waals surface area contributed by atoms with E-state index in [0.717, 1.165) is 0 Å². The number of piperidine rings is 1. The number of rotatable bonds is 4. The molecule has 4 aromatic heterocycles. The van der Waals surface area contributed by atoms with Crippen LogP contribution < -0.4 is 4.74 Å². The van der Waals surface area contributed by atoms with Crippen molar-refractivity contribution in [1.29, 1.82) is 0 Å². The summed E-state index contributed by atoms with van der Waals surface area (Å²) in [4.78, 5) is 29.7. The van der Waals surface area contributed by atoms with Gasteiger partial charge in [0.25, 0.3) is 0 Å². The monoisotopic (exact) mass is 421 g/mol. The third-order valence-electron chi connectivity index (χ3n) is 5.32. The van der Waals surface area contributed by atoms with E-state index in [-0.39, 0.29) is 6.04 Å². The summed E-state index contributed by atoms with van der Waals surface area (Å²) in [6, 6.07) is 3.66. The molecule has 0 bridgehead atoms. The van der Waals surface area contributed by atoms with E-state index in [1.165, 1.54) is 17.6 Å². The Morgan fingerprint density at radius 2 is 2.00 bits per heavy atom. The highest BCUT2D eigenvalue weighted by molar-refractivity contribution is 5.80. The molecule has 12 heteroatoms. The first-order valence-corrected chi connectivity index (χ1v) is 9.77. The van der Waals surface area contributed by atoms with Crippen LogP contribution in [0.5, 0.6) is 11.6 Å². The number of ether oxygens (including phenoxy) is 1. The summed E-state index contributed by atoms with van der Waals surface area (Å²) >= 11 is 0. The SMILES string of the molecule is Cc1nc(-n2cncn2)ccc1Oc1ncnc2c1cnn2C1CCN(C(=O)O)CC1. The molecule has 0 radical (unpaired) electrons. The van der Waals surface area contributed by atoms with Gasteiger partial charge in [-0.25, -0.2) is 34.1 Å². The fourth-order valence-electron chi connectivity index (χ4n) is 3.69. The van der Waals surface area contributed by atoms with Gasteiger partial charge in [-0.2, -0.15) is 10.2 Å². The Hall–Kier alpha value is -4.09. The van der Waals surface area contributed by atoms with Gasteiger partial charge in [0.1, 0.15) is 24.4 Å². The number of hydrogen-bond donors (Lipinski definition) is 1. The summed E-state index contributed by atoms with van der Waals surface area (Å²) in [5.74, 6) is 1.58. The largest absolute Gasteiger partial charge is 0.465 e. The zero-order chi connectivity index (χ0) is 21.4. The number of carboxylic acid groups (broad SMARTS) is 1. The number of likely N-dealkylation sites (tertiary alicyclic amines) is 1. The molecule has 31 heavy (non-hydrogen) atoms. The van der Waals surface area contributed by atoms with Crippen LogP contribution in [0, 0.1) is 6.92 Å². The molecule has 1 amide bonds. The highest BCUT2D eigenvalue weighted by Gasteiger charge is 2.26. The normalized spacial score (nSPS) is 14.8. The molecule has 158 valence electrons. The predicted molar refractivity (Wildman–Crippen MR) is 107 cm³/mol. The lowest BCUT2D eigenvalue weighted by molar-refractivity contribution is 0.124. The Kier molecular flexibility index (Phi) is 4.65. The first kappa shape index (κ1) is 18.9. The minimum absolute atomic E-state index is 0.0706. The molecule has 0 aliphatic carbocycles. The second kappa shape index (κ2) is 7.63. The Balaban J connectivity index is 1.40. The van der Waals surface area contributed by atoms with Crippen LogP contribution in [0.15, 0.2) is 37.3 Å². The molecule has 1 aliphatic rings. The lowest BCUT2D eigenvalue weighted by Gasteiger charge is -2.30. The van der Waals surface area contributed by atoms with E-state index in [4.69, 9.17) is 9.84 Å². The zero-order valence-electron chi connectivity index (χ0n) is 16.7. The number of carbonyl (C=O) groups is 1. The molecule has 1 N–H and O–H groups in total. The number of hydrogen-bond acceptors (Lipinski definition) is 8. The maximum Gasteiger partial charge on any atom is 0.407 e. The Morgan fingerprint density at radius 1 is 1.16 bits per heavy atom. The van der Waals surface area contributed by atoms with Crippen LogP contribution in [0.4, 0.5) is 4.79 Å². The highest BCUT2D eigenvalue weighted by Crippen LogP contribution is 2.31. The van der Waals surface area contributed by atoms with Crippen LogP contribution in [0.3, 0.4) is 0 Å². The quantitative estimate of drug-likeness (QED) is 0.526. The van der Waals surface area contributed by atoms with E-state index in [1.54, 1.807) is 29.3 Å². The fraction of sp³-hybridized carbons (Fsp3) is 0.316. The zero-order valence-corrected chi connectivity index (χ0v) is 16.7. The molecular formula is C19H19N9O3. The van der Waals surface area contributed by atoms with Crippen LogP contribution in [-0.2, 0) is 0 Å². The van der Waals surface area contributed by atoms with Crippen molar-refractivity contribution in [2.24, 2.45) is 0 Å². The van der Waals surface area contributed by atoms with Gasteiger partial charge in [-0.1, -0.05) is 0 Å². The maximum atomic E-state index is 11.1. The summed E-state index contributed by atoms with van der Waals surface area (Å²) < 4.78 is 9.45.